The van der Waals surface area contributed by atoms with E-state index in [9.17, 15) is 9.18 Å². The number of carbonyl (C=O) groups excluding carboxylic acids is 1. The third-order valence-corrected chi connectivity index (χ3v) is 3.16. The van der Waals surface area contributed by atoms with Gasteiger partial charge in [-0.25, -0.2) is 4.39 Å². The number of hydrogen-bond donors (Lipinski definition) is 1. The van der Waals surface area contributed by atoms with E-state index in [0.29, 0.717) is 5.75 Å². The van der Waals surface area contributed by atoms with E-state index in [-0.39, 0.29) is 11.6 Å². The first-order valence-corrected chi connectivity index (χ1v) is 6.91. The number of para-hydroxylation sites is 2. The Hall–Kier alpha value is -2.36. The van der Waals surface area contributed by atoms with Crippen molar-refractivity contribution in [2.75, 3.05) is 5.32 Å². The van der Waals surface area contributed by atoms with Crippen LogP contribution in [0.1, 0.15) is 19.4 Å². The zero-order valence-electron chi connectivity index (χ0n) is 12.1. The fraction of sp³-hybridized carbons (Fsp3) is 0.235. The van der Waals surface area contributed by atoms with Crippen molar-refractivity contribution < 1.29 is 13.9 Å². The smallest absolute Gasteiger partial charge is 0.265 e. The van der Waals surface area contributed by atoms with Crippen LogP contribution in [0.2, 0.25) is 0 Å². The number of ether oxygens (including phenoxy) is 1. The zero-order chi connectivity index (χ0) is 15.2. The van der Waals surface area contributed by atoms with Crippen molar-refractivity contribution in [1.82, 2.24) is 0 Å². The van der Waals surface area contributed by atoms with Crippen molar-refractivity contribution in [3.63, 3.8) is 0 Å². The van der Waals surface area contributed by atoms with Gasteiger partial charge in [0.1, 0.15) is 11.6 Å². The topological polar surface area (TPSA) is 38.3 Å². The Balaban J connectivity index is 2.05. The predicted molar refractivity (Wildman–Crippen MR) is 80.9 cm³/mol. The molecule has 1 amide bonds. The van der Waals surface area contributed by atoms with Gasteiger partial charge in [-0.3, -0.25) is 4.79 Å². The monoisotopic (exact) mass is 287 g/mol. The fourth-order valence-corrected chi connectivity index (χ4v) is 1.95. The van der Waals surface area contributed by atoms with E-state index < -0.39 is 11.9 Å². The molecule has 2 aromatic rings. The molecule has 0 saturated heterocycles. The molecule has 1 atom stereocenters. The minimum atomic E-state index is -0.711. The van der Waals surface area contributed by atoms with Gasteiger partial charge in [-0.1, -0.05) is 37.3 Å². The number of rotatable bonds is 5. The number of amides is 1. The molecule has 1 unspecified atom stereocenters. The summed E-state index contributed by atoms with van der Waals surface area (Å²) in [5.41, 5.74) is 1.18. The Morgan fingerprint density at radius 2 is 1.86 bits per heavy atom. The molecule has 4 heteroatoms. The molecular weight excluding hydrogens is 269 g/mol. The lowest BCUT2D eigenvalue weighted by atomic mass is 10.1. The summed E-state index contributed by atoms with van der Waals surface area (Å²) in [6.45, 7) is 3.66. The highest BCUT2D eigenvalue weighted by Crippen LogP contribution is 2.20. The summed E-state index contributed by atoms with van der Waals surface area (Å²) in [5, 5.41) is 2.53. The molecule has 2 aromatic carbocycles. The van der Waals surface area contributed by atoms with Gasteiger partial charge in [-0.15, -0.1) is 0 Å². The Labute approximate surface area is 123 Å². The molecule has 0 spiro atoms. The summed E-state index contributed by atoms with van der Waals surface area (Å²) in [6, 6.07) is 13.6. The average molecular weight is 287 g/mol. The van der Waals surface area contributed by atoms with Gasteiger partial charge in [0.2, 0.25) is 0 Å². The first-order chi connectivity index (χ1) is 10.1. The minimum absolute atomic E-state index is 0.154. The molecule has 0 aromatic heterocycles. The van der Waals surface area contributed by atoms with Gasteiger partial charge in [0.15, 0.2) is 6.10 Å². The Morgan fingerprint density at radius 3 is 2.57 bits per heavy atom. The van der Waals surface area contributed by atoms with Gasteiger partial charge >= 0.3 is 0 Å². The minimum Gasteiger partial charge on any atom is -0.481 e. The van der Waals surface area contributed by atoms with E-state index in [2.05, 4.69) is 5.32 Å². The summed E-state index contributed by atoms with van der Waals surface area (Å²) >= 11 is 0. The summed E-state index contributed by atoms with van der Waals surface area (Å²) < 4.78 is 19.2. The van der Waals surface area contributed by atoms with E-state index in [1.54, 1.807) is 19.1 Å². The lowest BCUT2D eigenvalue weighted by Gasteiger charge is -2.17. The summed E-state index contributed by atoms with van der Waals surface area (Å²) in [6.07, 6.45) is 0.106. The van der Waals surface area contributed by atoms with E-state index >= 15 is 0 Å². The number of anilines is 1. The first kappa shape index (κ1) is 15.0. The Morgan fingerprint density at radius 1 is 1.19 bits per heavy atom. The second-order valence-electron chi connectivity index (χ2n) is 4.69. The molecule has 0 bridgehead atoms. The van der Waals surface area contributed by atoms with Crippen molar-refractivity contribution >= 4 is 11.6 Å². The SMILES string of the molecule is CCc1ccccc1OC(C)C(=O)Nc1ccccc1F. The van der Waals surface area contributed by atoms with Gasteiger partial charge in [0, 0.05) is 0 Å². The third-order valence-electron chi connectivity index (χ3n) is 3.16. The average Bonchev–Trinajstić information content (AvgIpc) is 2.50. The number of nitrogens with one attached hydrogen (secondary N) is 1. The molecule has 0 radical (unpaired) electrons. The normalized spacial score (nSPS) is 11.8. The number of aryl methyl sites for hydroxylation is 1. The molecular formula is C17H18FNO2. The van der Waals surface area contributed by atoms with Crippen LogP contribution < -0.4 is 10.1 Å². The highest BCUT2D eigenvalue weighted by atomic mass is 19.1. The summed E-state index contributed by atoms with van der Waals surface area (Å²) in [7, 11) is 0. The summed E-state index contributed by atoms with van der Waals surface area (Å²) in [5.74, 6) is -0.172. The van der Waals surface area contributed by atoms with Crippen LogP contribution in [0.5, 0.6) is 5.75 Å². The van der Waals surface area contributed by atoms with Gasteiger partial charge in [-0.2, -0.15) is 0 Å². The molecule has 21 heavy (non-hydrogen) atoms. The highest BCUT2D eigenvalue weighted by molar-refractivity contribution is 5.94. The Kier molecular flexibility index (Phi) is 4.93. The molecule has 0 fully saturated rings. The lowest BCUT2D eigenvalue weighted by Crippen LogP contribution is -2.30. The number of carbonyl (C=O) groups is 1. The molecule has 110 valence electrons. The fourth-order valence-electron chi connectivity index (χ4n) is 1.95. The molecule has 0 saturated carbocycles. The summed E-state index contributed by atoms with van der Waals surface area (Å²) in [4.78, 5) is 12.1. The second kappa shape index (κ2) is 6.88. The second-order valence-corrected chi connectivity index (χ2v) is 4.69. The van der Waals surface area contributed by atoms with Crippen molar-refractivity contribution in [3.05, 3.63) is 59.9 Å². The molecule has 0 aliphatic heterocycles. The van der Waals surface area contributed by atoms with E-state index in [1.807, 2.05) is 31.2 Å². The quantitative estimate of drug-likeness (QED) is 0.908. The van der Waals surface area contributed by atoms with Crippen LogP contribution >= 0.6 is 0 Å². The van der Waals surface area contributed by atoms with Gasteiger partial charge in [-0.05, 0) is 37.1 Å². The van der Waals surface area contributed by atoms with Crippen molar-refractivity contribution in [2.24, 2.45) is 0 Å². The zero-order valence-corrected chi connectivity index (χ0v) is 12.1. The maximum atomic E-state index is 13.5. The van der Waals surface area contributed by atoms with Crippen LogP contribution in [0, 0.1) is 5.82 Å². The molecule has 2 rings (SSSR count). The van der Waals surface area contributed by atoms with Crippen LogP contribution in [0.3, 0.4) is 0 Å². The van der Waals surface area contributed by atoms with Gasteiger partial charge in [0.05, 0.1) is 5.69 Å². The van der Waals surface area contributed by atoms with Crippen LogP contribution in [-0.2, 0) is 11.2 Å². The van der Waals surface area contributed by atoms with Crippen LogP contribution in [0.4, 0.5) is 10.1 Å². The largest absolute Gasteiger partial charge is 0.481 e. The maximum Gasteiger partial charge on any atom is 0.265 e. The first-order valence-electron chi connectivity index (χ1n) is 6.91. The molecule has 0 aliphatic carbocycles. The van der Waals surface area contributed by atoms with Crippen molar-refractivity contribution in [3.8, 4) is 5.75 Å². The van der Waals surface area contributed by atoms with E-state index in [4.69, 9.17) is 4.74 Å². The highest BCUT2D eigenvalue weighted by Gasteiger charge is 2.17. The molecule has 3 nitrogen and oxygen atoms in total. The molecule has 0 heterocycles. The molecule has 1 N–H and O–H groups in total. The number of halogens is 1. The van der Waals surface area contributed by atoms with E-state index in [1.165, 1.54) is 12.1 Å². The van der Waals surface area contributed by atoms with Gasteiger partial charge in [0.25, 0.3) is 5.91 Å². The standard InChI is InChI=1S/C17H18FNO2/c1-3-13-8-4-7-11-16(13)21-12(2)17(20)19-15-10-6-5-9-14(15)18/h4-12H,3H2,1-2H3,(H,19,20). The van der Waals surface area contributed by atoms with Crippen LogP contribution in [-0.4, -0.2) is 12.0 Å². The Bertz CT molecular complexity index is 628. The van der Waals surface area contributed by atoms with Crippen molar-refractivity contribution in [1.29, 1.82) is 0 Å². The molecule has 0 aliphatic rings. The maximum absolute atomic E-state index is 13.5. The number of benzene rings is 2. The van der Waals surface area contributed by atoms with Crippen molar-refractivity contribution in [2.45, 2.75) is 26.4 Å². The van der Waals surface area contributed by atoms with Crippen LogP contribution in [0.25, 0.3) is 0 Å². The predicted octanol–water partition coefficient (Wildman–Crippen LogP) is 3.79. The van der Waals surface area contributed by atoms with Crippen LogP contribution in [0.15, 0.2) is 48.5 Å². The van der Waals surface area contributed by atoms with E-state index in [0.717, 1.165) is 12.0 Å². The van der Waals surface area contributed by atoms with Gasteiger partial charge < -0.3 is 10.1 Å². The third kappa shape index (κ3) is 3.81. The number of hydrogen-bond acceptors (Lipinski definition) is 2. The lowest BCUT2D eigenvalue weighted by molar-refractivity contribution is -0.122.